The molecule has 40 heavy (non-hydrogen) atoms. The molecular weight excluding hydrogens is 506 g/mol. The van der Waals surface area contributed by atoms with Crippen LogP contribution in [0, 0.1) is 11.3 Å². The number of aromatic amines is 1. The van der Waals surface area contributed by atoms with Crippen LogP contribution in [0.25, 0.3) is 11.0 Å². The molecule has 0 fully saturated rings. The second-order valence-electron chi connectivity index (χ2n) is 10.4. The lowest BCUT2D eigenvalue weighted by Gasteiger charge is -2.26. The predicted molar refractivity (Wildman–Crippen MR) is 151 cm³/mol. The highest BCUT2D eigenvalue weighted by Gasteiger charge is 2.23. The first-order valence-corrected chi connectivity index (χ1v) is 13.5. The number of ether oxygens (including phenoxy) is 2. The van der Waals surface area contributed by atoms with Crippen molar-refractivity contribution in [3.05, 3.63) is 94.7 Å². The maximum absolute atomic E-state index is 13.2. The topological polar surface area (TPSA) is 121 Å². The number of imidazole rings is 2. The Labute approximate surface area is 232 Å². The number of rotatable bonds is 8. The van der Waals surface area contributed by atoms with E-state index in [0.29, 0.717) is 30.9 Å². The number of aryl methyl sites for hydroxylation is 1. The molecule has 10 heteroatoms. The van der Waals surface area contributed by atoms with Crippen molar-refractivity contribution in [2.24, 2.45) is 13.0 Å². The van der Waals surface area contributed by atoms with Gasteiger partial charge in [-0.3, -0.25) is 10.2 Å². The van der Waals surface area contributed by atoms with Crippen LogP contribution in [0.2, 0.25) is 0 Å². The molecule has 0 radical (unpaired) electrons. The van der Waals surface area contributed by atoms with Gasteiger partial charge >= 0.3 is 0 Å². The Morgan fingerprint density at radius 1 is 1.20 bits per heavy atom. The van der Waals surface area contributed by atoms with E-state index in [-0.39, 0.29) is 18.6 Å². The molecular formula is C30H33N7O3. The molecule has 0 spiro atoms. The fourth-order valence-corrected chi connectivity index (χ4v) is 5.36. The van der Waals surface area contributed by atoms with Crippen LogP contribution in [0.3, 0.4) is 0 Å². The average Bonchev–Trinajstić information content (AvgIpc) is 3.70. The number of aromatic nitrogens is 4. The number of carbonyl (C=O) groups excluding carboxylic acids is 1. The van der Waals surface area contributed by atoms with Gasteiger partial charge in [-0.15, -0.1) is 0 Å². The molecule has 0 aliphatic carbocycles. The molecule has 1 amide bonds. The summed E-state index contributed by atoms with van der Waals surface area (Å²) in [5.74, 6) is 2.86. The Hall–Kier alpha value is -4.60. The minimum atomic E-state index is -0.146. The van der Waals surface area contributed by atoms with Crippen molar-refractivity contribution in [3.8, 4) is 0 Å². The van der Waals surface area contributed by atoms with Gasteiger partial charge in [0.1, 0.15) is 23.7 Å². The van der Waals surface area contributed by atoms with Gasteiger partial charge in [-0.1, -0.05) is 30.3 Å². The SMILES string of the molecule is CC(=N)N1CCc2[nH]c(Cc3nc4ccc(C(=O)NCC(Cc5ccccc5)C5=COCO5)cc4n3C)nc2C1. The smallest absolute Gasteiger partial charge is 0.251 e. The summed E-state index contributed by atoms with van der Waals surface area (Å²) in [5, 5.41) is 11.0. The monoisotopic (exact) mass is 539 g/mol. The van der Waals surface area contributed by atoms with E-state index in [9.17, 15) is 4.79 Å². The Kier molecular flexibility index (Phi) is 6.98. The second kappa shape index (κ2) is 10.9. The number of hydrogen-bond donors (Lipinski definition) is 3. The summed E-state index contributed by atoms with van der Waals surface area (Å²) in [6.07, 6.45) is 3.78. The van der Waals surface area contributed by atoms with E-state index >= 15 is 0 Å². The van der Waals surface area contributed by atoms with E-state index in [1.165, 1.54) is 5.56 Å². The van der Waals surface area contributed by atoms with Gasteiger partial charge in [0.25, 0.3) is 5.91 Å². The van der Waals surface area contributed by atoms with Crippen LogP contribution >= 0.6 is 0 Å². The summed E-state index contributed by atoms with van der Waals surface area (Å²) in [6.45, 7) is 3.93. The molecule has 1 unspecified atom stereocenters. The number of amidine groups is 1. The zero-order valence-corrected chi connectivity index (χ0v) is 22.7. The van der Waals surface area contributed by atoms with Crippen LogP contribution in [0.1, 0.15) is 45.9 Å². The molecule has 10 nitrogen and oxygen atoms in total. The fourth-order valence-electron chi connectivity index (χ4n) is 5.36. The first kappa shape index (κ1) is 25.7. The summed E-state index contributed by atoms with van der Waals surface area (Å²) in [7, 11) is 1.97. The average molecular weight is 540 g/mol. The largest absolute Gasteiger partial charge is 0.462 e. The molecule has 3 N–H and O–H groups in total. The standard InChI is InChI=1S/C30H33N7O3/c1-19(31)37-11-10-23-25(16-37)34-28(33-23)14-29-35-24-9-8-21(13-26(24)36(29)2)30(38)32-15-22(27-17-39-18-40-27)12-20-6-4-3-5-7-20/h3-9,13,17,22,31H,10-12,14-16,18H2,1-2H3,(H,32,38)(H,33,34). The van der Waals surface area contributed by atoms with Crippen LogP contribution in [0.5, 0.6) is 0 Å². The zero-order chi connectivity index (χ0) is 27.6. The van der Waals surface area contributed by atoms with Crippen molar-refractivity contribution >= 4 is 22.8 Å². The number of hydrogen-bond acceptors (Lipinski definition) is 6. The van der Waals surface area contributed by atoms with Crippen molar-refractivity contribution in [1.29, 1.82) is 5.41 Å². The van der Waals surface area contributed by atoms with Gasteiger partial charge < -0.3 is 29.2 Å². The first-order valence-electron chi connectivity index (χ1n) is 13.5. The lowest BCUT2D eigenvalue weighted by molar-refractivity contribution is 0.0698. The summed E-state index contributed by atoms with van der Waals surface area (Å²) < 4.78 is 13.0. The highest BCUT2D eigenvalue weighted by molar-refractivity contribution is 5.97. The molecule has 206 valence electrons. The summed E-state index contributed by atoms with van der Waals surface area (Å²) in [6, 6.07) is 15.7. The lowest BCUT2D eigenvalue weighted by atomic mass is 9.97. The maximum atomic E-state index is 13.2. The van der Waals surface area contributed by atoms with Crippen LogP contribution in [0.4, 0.5) is 0 Å². The summed E-state index contributed by atoms with van der Waals surface area (Å²) >= 11 is 0. The lowest BCUT2D eigenvalue weighted by Crippen LogP contribution is -2.33. The fraction of sp³-hybridized carbons (Fsp3) is 0.333. The number of carbonyl (C=O) groups is 1. The van der Waals surface area contributed by atoms with E-state index in [2.05, 4.69) is 22.4 Å². The van der Waals surface area contributed by atoms with E-state index in [4.69, 9.17) is 24.9 Å². The quantitative estimate of drug-likeness (QED) is 0.232. The minimum absolute atomic E-state index is 0.0324. The van der Waals surface area contributed by atoms with E-state index < -0.39 is 0 Å². The van der Waals surface area contributed by atoms with Crippen LogP contribution in [-0.2, 0) is 42.3 Å². The van der Waals surface area contributed by atoms with Gasteiger partial charge in [0.15, 0.2) is 0 Å². The van der Waals surface area contributed by atoms with Crippen molar-refractivity contribution in [3.63, 3.8) is 0 Å². The highest BCUT2D eigenvalue weighted by atomic mass is 16.7. The normalized spacial score (nSPS) is 15.2. The van der Waals surface area contributed by atoms with E-state index in [1.807, 2.05) is 59.8 Å². The van der Waals surface area contributed by atoms with Gasteiger partial charge in [-0.25, -0.2) is 9.97 Å². The Bertz CT molecular complexity index is 1590. The van der Waals surface area contributed by atoms with Gasteiger partial charge in [-0.05, 0) is 37.1 Å². The Morgan fingerprint density at radius 3 is 2.83 bits per heavy atom. The molecule has 6 rings (SSSR count). The van der Waals surface area contributed by atoms with Crippen molar-refractivity contribution in [2.75, 3.05) is 19.9 Å². The number of amides is 1. The second-order valence-corrected chi connectivity index (χ2v) is 10.4. The van der Waals surface area contributed by atoms with E-state index in [1.54, 1.807) is 6.26 Å². The van der Waals surface area contributed by atoms with Crippen molar-refractivity contribution < 1.29 is 14.3 Å². The first-order chi connectivity index (χ1) is 19.4. The molecule has 2 aromatic heterocycles. The van der Waals surface area contributed by atoms with Gasteiger partial charge in [-0.2, -0.15) is 0 Å². The molecule has 4 aromatic rings. The molecule has 2 aliphatic heterocycles. The van der Waals surface area contributed by atoms with Crippen LogP contribution in [0.15, 0.2) is 60.6 Å². The molecule has 2 aromatic carbocycles. The summed E-state index contributed by atoms with van der Waals surface area (Å²) in [5.41, 5.74) is 5.61. The number of fused-ring (bicyclic) bond motifs is 2. The maximum Gasteiger partial charge on any atom is 0.251 e. The van der Waals surface area contributed by atoms with Crippen LogP contribution in [-0.4, -0.2) is 56.0 Å². The number of benzene rings is 2. The molecule has 2 aliphatic rings. The summed E-state index contributed by atoms with van der Waals surface area (Å²) in [4.78, 5) is 28.3. The van der Waals surface area contributed by atoms with Crippen LogP contribution < -0.4 is 5.32 Å². The van der Waals surface area contributed by atoms with Crippen molar-refractivity contribution in [2.45, 2.75) is 32.7 Å². The molecule has 0 saturated carbocycles. The molecule has 0 saturated heterocycles. The number of nitrogens with zero attached hydrogens (tertiary/aromatic N) is 4. The third-order valence-corrected chi connectivity index (χ3v) is 7.65. The van der Waals surface area contributed by atoms with Gasteiger partial charge in [0, 0.05) is 43.7 Å². The van der Waals surface area contributed by atoms with E-state index in [0.717, 1.165) is 59.2 Å². The molecule has 1 atom stereocenters. The molecule has 0 bridgehead atoms. The van der Waals surface area contributed by atoms with Gasteiger partial charge in [0.2, 0.25) is 6.79 Å². The predicted octanol–water partition coefficient (Wildman–Crippen LogP) is 3.68. The van der Waals surface area contributed by atoms with Gasteiger partial charge in [0.05, 0.1) is 35.5 Å². The minimum Gasteiger partial charge on any atom is -0.462 e. The number of H-pyrrole nitrogens is 1. The Morgan fingerprint density at radius 2 is 2.05 bits per heavy atom. The Balaban J connectivity index is 1.15. The third kappa shape index (κ3) is 5.29. The zero-order valence-electron chi connectivity index (χ0n) is 22.7. The van der Waals surface area contributed by atoms with Crippen molar-refractivity contribution in [1.82, 2.24) is 29.7 Å². The third-order valence-electron chi connectivity index (χ3n) is 7.65. The molecule has 4 heterocycles. The number of nitrogens with one attached hydrogen (secondary N) is 3. The highest BCUT2D eigenvalue weighted by Crippen LogP contribution is 2.23.